The molecule has 0 aliphatic rings. The van der Waals surface area contributed by atoms with E-state index in [2.05, 4.69) is 26.5 Å². The lowest BCUT2D eigenvalue weighted by Gasteiger charge is -2.08. The molecule has 0 fully saturated rings. The lowest BCUT2D eigenvalue weighted by molar-refractivity contribution is -0.111. The van der Waals surface area contributed by atoms with E-state index in [1.165, 1.54) is 51.4 Å². The van der Waals surface area contributed by atoms with Crippen molar-refractivity contribution in [3.63, 3.8) is 0 Å². The van der Waals surface area contributed by atoms with Crippen molar-refractivity contribution >= 4 is 17.7 Å². The number of rotatable bonds is 10. The highest BCUT2D eigenvalue weighted by atomic mass is 32.1. The van der Waals surface area contributed by atoms with Crippen LogP contribution in [0.1, 0.15) is 71.6 Å². The molecule has 0 heterocycles. The Morgan fingerprint density at radius 3 is 2.13 bits per heavy atom. The third-order valence-corrected chi connectivity index (χ3v) is 3.01. The van der Waals surface area contributed by atoms with Crippen molar-refractivity contribution in [2.45, 2.75) is 71.6 Å². The summed E-state index contributed by atoms with van der Waals surface area (Å²) >= 11 is 3.80. The third kappa shape index (κ3) is 11.9. The van der Waals surface area contributed by atoms with Crippen molar-refractivity contribution in [3.05, 3.63) is 0 Å². The van der Waals surface area contributed by atoms with Gasteiger partial charge in [0.1, 0.15) is 0 Å². The molecule has 1 atom stereocenters. The molecule has 0 aromatic heterocycles. The zero-order valence-corrected chi connectivity index (χ0v) is 11.2. The Morgan fingerprint density at radius 2 is 1.60 bits per heavy atom. The SMILES string of the molecule is CCCCCCCCCC(C)CC(=O)S. The van der Waals surface area contributed by atoms with Crippen LogP contribution in [0.5, 0.6) is 0 Å². The molecule has 0 spiro atoms. The maximum Gasteiger partial charge on any atom is 0.186 e. The number of hydrogen-bond acceptors (Lipinski definition) is 1. The molecular weight excluding hydrogens is 204 g/mol. The predicted molar refractivity (Wildman–Crippen MR) is 70.4 cm³/mol. The van der Waals surface area contributed by atoms with E-state index in [0.29, 0.717) is 12.3 Å². The van der Waals surface area contributed by atoms with E-state index in [-0.39, 0.29) is 5.12 Å². The quantitative estimate of drug-likeness (QED) is 0.428. The molecule has 0 amide bonds. The maximum absolute atomic E-state index is 10.7. The molecule has 0 saturated carbocycles. The summed E-state index contributed by atoms with van der Waals surface area (Å²) in [5.41, 5.74) is 0. The maximum atomic E-state index is 10.7. The Hall–Kier alpha value is 0.0200. The van der Waals surface area contributed by atoms with Gasteiger partial charge in [0.05, 0.1) is 0 Å². The fraction of sp³-hybridized carbons (Fsp3) is 0.923. The lowest BCUT2D eigenvalue weighted by atomic mass is 9.99. The molecule has 0 saturated heterocycles. The van der Waals surface area contributed by atoms with Crippen LogP contribution in [0, 0.1) is 5.92 Å². The van der Waals surface area contributed by atoms with Crippen LogP contribution in [0.15, 0.2) is 0 Å². The minimum absolute atomic E-state index is 0.0328. The normalized spacial score (nSPS) is 12.7. The average molecular weight is 230 g/mol. The Labute approximate surface area is 100 Å². The van der Waals surface area contributed by atoms with Crippen LogP contribution in [0.2, 0.25) is 0 Å². The van der Waals surface area contributed by atoms with Crippen molar-refractivity contribution in [2.24, 2.45) is 5.92 Å². The van der Waals surface area contributed by atoms with Gasteiger partial charge in [-0.15, -0.1) is 12.6 Å². The zero-order valence-electron chi connectivity index (χ0n) is 10.3. The summed E-state index contributed by atoms with van der Waals surface area (Å²) in [4.78, 5) is 10.7. The summed E-state index contributed by atoms with van der Waals surface area (Å²) in [6, 6.07) is 0. The summed E-state index contributed by atoms with van der Waals surface area (Å²) in [5, 5.41) is 0.0328. The van der Waals surface area contributed by atoms with E-state index in [0.717, 1.165) is 0 Å². The molecule has 0 N–H and O–H groups in total. The highest BCUT2D eigenvalue weighted by Gasteiger charge is 2.05. The lowest BCUT2D eigenvalue weighted by Crippen LogP contribution is -1.99. The summed E-state index contributed by atoms with van der Waals surface area (Å²) in [6.07, 6.45) is 11.3. The Bertz CT molecular complexity index is 157. The van der Waals surface area contributed by atoms with Crippen LogP contribution in [0.25, 0.3) is 0 Å². The van der Waals surface area contributed by atoms with Crippen molar-refractivity contribution in [1.82, 2.24) is 0 Å². The van der Waals surface area contributed by atoms with Gasteiger partial charge in [0.15, 0.2) is 5.12 Å². The minimum atomic E-state index is 0.0328. The predicted octanol–water partition coefficient (Wildman–Crippen LogP) is 4.61. The monoisotopic (exact) mass is 230 g/mol. The van der Waals surface area contributed by atoms with Gasteiger partial charge in [-0.1, -0.05) is 65.2 Å². The van der Waals surface area contributed by atoms with Crippen LogP contribution >= 0.6 is 12.6 Å². The van der Waals surface area contributed by atoms with Gasteiger partial charge in [0, 0.05) is 6.42 Å². The Morgan fingerprint density at radius 1 is 1.07 bits per heavy atom. The van der Waals surface area contributed by atoms with Gasteiger partial charge in [0.2, 0.25) is 0 Å². The first-order valence-corrected chi connectivity index (χ1v) is 6.83. The molecule has 0 aromatic rings. The van der Waals surface area contributed by atoms with Crippen molar-refractivity contribution in [1.29, 1.82) is 0 Å². The van der Waals surface area contributed by atoms with E-state index in [4.69, 9.17) is 0 Å². The second-order valence-electron chi connectivity index (χ2n) is 4.61. The first-order valence-electron chi connectivity index (χ1n) is 6.38. The van der Waals surface area contributed by atoms with Gasteiger partial charge in [-0.3, -0.25) is 4.79 Å². The van der Waals surface area contributed by atoms with Gasteiger partial charge in [-0.2, -0.15) is 0 Å². The molecule has 0 aliphatic carbocycles. The third-order valence-electron chi connectivity index (χ3n) is 2.82. The first-order chi connectivity index (χ1) is 7.16. The van der Waals surface area contributed by atoms with Gasteiger partial charge in [-0.25, -0.2) is 0 Å². The second kappa shape index (κ2) is 10.5. The fourth-order valence-corrected chi connectivity index (χ4v) is 2.16. The molecule has 15 heavy (non-hydrogen) atoms. The van der Waals surface area contributed by atoms with E-state index >= 15 is 0 Å². The van der Waals surface area contributed by atoms with Crippen LogP contribution < -0.4 is 0 Å². The molecule has 0 rings (SSSR count). The standard InChI is InChI=1S/C13H26OS/c1-3-4-5-6-7-8-9-10-12(2)11-13(14)15/h12H,3-11H2,1-2H3,(H,14,15). The summed E-state index contributed by atoms with van der Waals surface area (Å²) < 4.78 is 0. The summed E-state index contributed by atoms with van der Waals surface area (Å²) in [6.45, 7) is 4.39. The molecule has 0 radical (unpaired) electrons. The topological polar surface area (TPSA) is 17.1 Å². The van der Waals surface area contributed by atoms with Crippen LogP contribution in [-0.4, -0.2) is 5.12 Å². The van der Waals surface area contributed by atoms with Crippen LogP contribution in [0.3, 0.4) is 0 Å². The van der Waals surface area contributed by atoms with Crippen LogP contribution in [-0.2, 0) is 4.79 Å². The molecule has 2 heteroatoms. The van der Waals surface area contributed by atoms with Gasteiger partial charge < -0.3 is 0 Å². The second-order valence-corrected chi connectivity index (χ2v) is 5.11. The van der Waals surface area contributed by atoms with Gasteiger partial charge in [-0.05, 0) is 5.92 Å². The number of carbonyl (C=O) groups is 1. The number of unbranched alkanes of at least 4 members (excludes halogenated alkanes) is 6. The highest BCUT2D eigenvalue weighted by molar-refractivity contribution is 7.96. The fourth-order valence-electron chi connectivity index (χ4n) is 1.85. The molecule has 0 aliphatic heterocycles. The van der Waals surface area contributed by atoms with Crippen LogP contribution in [0.4, 0.5) is 0 Å². The number of thiol groups is 1. The van der Waals surface area contributed by atoms with E-state index in [1.54, 1.807) is 0 Å². The molecule has 90 valence electrons. The van der Waals surface area contributed by atoms with E-state index < -0.39 is 0 Å². The van der Waals surface area contributed by atoms with Crippen molar-refractivity contribution in [3.8, 4) is 0 Å². The van der Waals surface area contributed by atoms with Crippen molar-refractivity contribution in [2.75, 3.05) is 0 Å². The number of carbonyl (C=O) groups excluding carboxylic acids is 1. The molecule has 0 bridgehead atoms. The van der Waals surface area contributed by atoms with Gasteiger partial charge in [0.25, 0.3) is 0 Å². The largest absolute Gasteiger partial charge is 0.287 e. The molecule has 0 aromatic carbocycles. The van der Waals surface area contributed by atoms with Gasteiger partial charge >= 0.3 is 0 Å². The molecular formula is C13H26OS. The number of hydrogen-bond donors (Lipinski definition) is 1. The average Bonchev–Trinajstić information content (AvgIpc) is 2.15. The zero-order chi connectivity index (χ0) is 11.5. The van der Waals surface area contributed by atoms with E-state index in [1.807, 2.05) is 0 Å². The first kappa shape index (κ1) is 15.0. The Balaban J connectivity index is 3.13. The molecule has 1 nitrogen and oxygen atoms in total. The molecule has 1 unspecified atom stereocenters. The van der Waals surface area contributed by atoms with Crippen molar-refractivity contribution < 1.29 is 4.79 Å². The minimum Gasteiger partial charge on any atom is -0.287 e. The highest BCUT2D eigenvalue weighted by Crippen LogP contribution is 2.15. The smallest absolute Gasteiger partial charge is 0.186 e. The van der Waals surface area contributed by atoms with E-state index in [9.17, 15) is 4.79 Å². The summed E-state index contributed by atoms with van der Waals surface area (Å²) in [5.74, 6) is 0.519. The Kier molecular flexibility index (Phi) is 10.5. The summed E-state index contributed by atoms with van der Waals surface area (Å²) in [7, 11) is 0.